The summed E-state index contributed by atoms with van der Waals surface area (Å²) in [4.78, 5) is 34.8. The van der Waals surface area contributed by atoms with Crippen LogP contribution in [-0.4, -0.2) is 32.9 Å². The standard InChI is InChI=1S/C19H19N5O2S/c25-17-10-15(13-24(17)19-21-7-9-27-19)18(26)22-11-16-20-6-8-23(16)12-14-4-2-1-3-5-14/h1-9,15H,10-13H2,(H,22,26). The molecule has 2 amide bonds. The van der Waals surface area contributed by atoms with Crippen LogP contribution < -0.4 is 10.2 Å². The number of nitrogens with zero attached hydrogens (tertiary/aromatic N) is 4. The number of rotatable bonds is 6. The lowest BCUT2D eigenvalue weighted by molar-refractivity contribution is -0.126. The monoisotopic (exact) mass is 381 g/mol. The number of amides is 2. The molecule has 1 N–H and O–H groups in total. The van der Waals surface area contributed by atoms with Gasteiger partial charge in [0.25, 0.3) is 0 Å². The van der Waals surface area contributed by atoms with Gasteiger partial charge < -0.3 is 9.88 Å². The third-order valence-corrected chi connectivity index (χ3v) is 5.36. The van der Waals surface area contributed by atoms with Crippen LogP contribution in [0.15, 0.2) is 54.3 Å². The average Bonchev–Trinajstić information content (AvgIpc) is 3.41. The quantitative estimate of drug-likeness (QED) is 0.709. The fourth-order valence-electron chi connectivity index (χ4n) is 3.16. The normalized spacial score (nSPS) is 16.7. The van der Waals surface area contributed by atoms with Crippen molar-refractivity contribution in [1.29, 1.82) is 0 Å². The van der Waals surface area contributed by atoms with Crippen molar-refractivity contribution < 1.29 is 9.59 Å². The average molecular weight is 381 g/mol. The maximum atomic E-state index is 12.5. The minimum absolute atomic E-state index is 0.0596. The number of benzene rings is 1. The smallest absolute Gasteiger partial charge is 0.229 e. The van der Waals surface area contributed by atoms with Crippen molar-refractivity contribution in [2.45, 2.75) is 19.5 Å². The van der Waals surface area contributed by atoms with E-state index in [0.717, 1.165) is 5.82 Å². The molecule has 2 aromatic heterocycles. The Morgan fingerprint density at radius 2 is 2.07 bits per heavy atom. The molecule has 3 aromatic rings. The van der Waals surface area contributed by atoms with Gasteiger partial charge in [0.1, 0.15) is 5.82 Å². The van der Waals surface area contributed by atoms with Crippen molar-refractivity contribution >= 4 is 28.3 Å². The summed E-state index contributed by atoms with van der Waals surface area (Å²) >= 11 is 1.40. The zero-order valence-corrected chi connectivity index (χ0v) is 15.4. The van der Waals surface area contributed by atoms with Crippen LogP contribution in [0.2, 0.25) is 0 Å². The molecule has 7 nitrogen and oxygen atoms in total. The number of anilines is 1. The lowest BCUT2D eigenvalue weighted by atomic mass is 10.1. The number of thiazole rings is 1. The summed E-state index contributed by atoms with van der Waals surface area (Å²) in [5.74, 6) is 0.236. The van der Waals surface area contributed by atoms with Gasteiger partial charge in [-0.2, -0.15) is 0 Å². The molecule has 0 radical (unpaired) electrons. The summed E-state index contributed by atoms with van der Waals surface area (Å²) < 4.78 is 2.01. The predicted octanol–water partition coefficient (Wildman–Crippen LogP) is 2.06. The number of aromatic nitrogens is 3. The van der Waals surface area contributed by atoms with Crippen LogP contribution in [0.4, 0.5) is 5.13 Å². The van der Waals surface area contributed by atoms with Crippen LogP contribution in [0.1, 0.15) is 17.8 Å². The molecule has 27 heavy (non-hydrogen) atoms. The van der Waals surface area contributed by atoms with E-state index in [-0.39, 0.29) is 24.2 Å². The van der Waals surface area contributed by atoms with E-state index < -0.39 is 0 Å². The van der Waals surface area contributed by atoms with Gasteiger partial charge in [-0.25, -0.2) is 9.97 Å². The molecule has 4 rings (SSSR count). The molecule has 1 aliphatic rings. The Hall–Kier alpha value is -3.00. The number of hydrogen-bond donors (Lipinski definition) is 1. The fraction of sp³-hybridized carbons (Fsp3) is 0.263. The van der Waals surface area contributed by atoms with Crippen LogP contribution in [-0.2, 0) is 22.7 Å². The molecule has 1 saturated heterocycles. The second kappa shape index (κ2) is 7.71. The summed E-state index contributed by atoms with van der Waals surface area (Å²) in [6, 6.07) is 10.1. The molecule has 0 saturated carbocycles. The zero-order valence-electron chi connectivity index (χ0n) is 14.6. The minimum Gasteiger partial charge on any atom is -0.349 e. The Kier molecular flexibility index (Phi) is 4.97. The van der Waals surface area contributed by atoms with Crippen molar-refractivity contribution in [3.8, 4) is 0 Å². The van der Waals surface area contributed by atoms with Crippen LogP contribution in [0.25, 0.3) is 0 Å². The molecule has 0 aliphatic carbocycles. The Morgan fingerprint density at radius 3 is 2.85 bits per heavy atom. The summed E-state index contributed by atoms with van der Waals surface area (Å²) in [6.45, 7) is 1.41. The van der Waals surface area contributed by atoms with Gasteiger partial charge in [0.05, 0.1) is 12.5 Å². The second-order valence-electron chi connectivity index (χ2n) is 6.39. The largest absolute Gasteiger partial charge is 0.349 e. The third-order valence-electron chi connectivity index (χ3n) is 4.56. The Morgan fingerprint density at radius 1 is 1.22 bits per heavy atom. The lowest BCUT2D eigenvalue weighted by Crippen LogP contribution is -2.33. The zero-order chi connectivity index (χ0) is 18.6. The van der Waals surface area contributed by atoms with E-state index in [4.69, 9.17) is 0 Å². The first kappa shape index (κ1) is 17.4. The van der Waals surface area contributed by atoms with Crippen LogP contribution in [0, 0.1) is 5.92 Å². The lowest BCUT2D eigenvalue weighted by Gasteiger charge is -2.13. The molecule has 0 bridgehead atoms. The molecule has 8 heteroatoms. The summed E-state index contributed by atoms with van der Waals surface area (Å²) in [5.41, 5.74) is 1.17. The Bertz CT molecular complexity index is 923. The van der Waals surface area contributed by atoms with Gasteiger partial charge in [0, 0.05) is 43.5 Å². The van der Waals surface area contributed by atoms with Crippen molar-refractivity contribution in [3.05, 3.63) is 65.7 Å². The summed E-state index contributed by atoms with van der Waals surface area (Å²) in [6.07, 6.45) is 5.50. The van der Waals surface area contributed by atoms with E-state index in [2.05, 4.69) is 27.4 Å². The first-order valence-corrected chi connectivity index (χ1v) is 9.60. The maximum absolute atomic E-state index is 12.5. The number of hydrogen-bond acceptors (Lipinski definition) is 5. The van der Waals surface area contributed by atoms with E-state index >= 15 is 0 Å². The molecule has 3 heterocycles. The molecule has 1 unspecified atom stereocenters. The minimum atomic E-state index is -0.362. The second-order valence-corrected chi connectivity index (χ2v) is 7.27. The first-order valence-electron chi connectivity index (χ1n) is 8.72. The van der Waals surface area contributed by atoms with E-state index in [0.29, 0.717) is 24.8 Å². The van der Waals surface area contributed by atoms with E-state index in [1.54, 1.807) is 17.3 Å². The molecular weight excluding hydrogens is 362 g/mol. The molecule has 1 aromatic carbocycles. The molecule has 1 fully saturated rings. The van der Waals surface area contributed by atoms with E-state index in [9.17, 15) is 9.59 Å². The van der Waals surface area contributed by atoms with Crippen molar-refractivity contribution in [2.75, 3.05) is 11.4 Å². The maximum Gasteiger partial charge on any atom is 0.229 e. The SMILES string of the molecule is O=C(NCc1nccn1Cc1ccccc1)C1CC(=O)N(c2nccs2)C1. The molecule has 1 atom stereocenters. The highest BCUT2D eigenvalue weighted by molar-refractivity contribution is 7.13. The predicted molar refractivity (Wildman–Crippen MR) is 102 cm³/mol. The Balaban J connectivity index is 1.35. The highest BCUT2D eigenvalue weighted by atomic mass is 32.1. The van der Waals surface area contributed by atoms with Crippen molar-refractivity contribution in [3.63, 3.8) is 0 Å². The molecule has 138 valence electrons. The van der Waals surface area contributed by atoms with Crippen molar-refractivity contribution in [1.82, 2.24) is 19.9 Å². The number of carbonyl (C=O) groups excluding carboxylic acids is 2. The number of nitrogens with one attached hydrogen (secondary N) is 1. The van der Waals surface area contributed by atoms with Crippen LogP contribution in [0.5, 0.6) is 0 Å². The third kappa shape index (κ3) is 3.90. The highest BCUT2D eigenvalue weighted by Gasteiger charge is 2.36. The van der Waals surface area contributed by atoms with Crippen molar-refractivity contribution in [2.24, 2.45) is 5.92 Å². The highest BCUT2D eigenvalue weighted by Crippen LogP contribution is 2.26. The van der Waals surface area contributed by atoms with Gasteiger partial charge in [-0.15, -0.1) is 11.3 Å². The number of imidazole rings is 1. The van der Waals surface area contributed by atoms with Crippen LogP contribution >= 0.6 is 11.3 Å². The van der Waals surface area contributed by atoms with Gasteiger partial charge in [0.2, 0.25) is 11.8 Å². The molecule has 1 aliphatic heterocycles. The number of carbonyl (C=O) groups is 2. The van der Waals surface area contributed by atoms with Gasteiger partial charge in [-0.3, -0.25) is 14.5 Å². The molecular formula is C19H19N5O2S. The van der Waals surface area contributed by atoms with E-state index in [1.807, 2.05) is 34.3 Å². The topological polar surface area (TPSA) is 80.1 Å². The van der Waals surface area contributed by atoms with Gasteiger partial charge in [0.15, 0.2) is 5.13 Å². The van der Waals surface area contributed by atoms with Gasteiger partial charge in [-0.1, -0.05) is 30.3 Å². The molecule has 0 spiro atoms. The van der Waals surface area contributed by atoms with Crippen LogP contribution in [0.3, 0.4) is 0 Å². The fourth-order valence-corrected chi connectivity index (χ4v) is 3.83. The van der Waals surface area contributed by atoms with Gasteiger partial charge >= 0.3 is 0 Å². The summed E-state index contributed by atoms with van der Waals surface area (Å²) in [7, 11) is 0. The Labute approximate surface area is 160 Å². The summed E-state index contributed by atoms with van der Waals surface area (Å²) in [5, 5.41) is 5.39. The van der Waals surface area contributed by atoms with Gasteiger partial charge in [-0.05, 0) is 5.56 Å². The van der Waals surface area contributed by atoms with E-state index in [1.165, 1.54) is 16.9 Å². The first-order chi connectivity index (χ1) is 13.2.